The van der Waals surface area contributed by atoms with Gasteiger partial charge in [0.1, 0.15) is 7.85 Å². The minimum Gasteiger partial charge on any atom is -0.382 e. The highest BCUT2D eigenvalue weighted by Crippen LogP contribution is 2.31. The predicted octanol–water partition coefficient (Wildman–Crippen LogP) is 1.97. The first-order valence-electron chi connectivity index (χ1n) is 5.53. The van der Waals surface area contributed by atoms with Gasteiger partial charge < -0.3 is 9.47 Å². The van der Waals surface area contributed by atoms with Gasteiger partial charge in [-0.3, -0.25) is 0 Å². The molecule has 1 saturated heterocycles. The van der Waals surface area contributed by atoms with Gasteiger partial charge >= 0.3 is 0 Å². The summed E-state index contributed by atoms with van der Waals surface area (Å²) < 4.78 is 11.2. The van der Waals surface area contributed by atoms with Crippen molar-refractivity contribution in [3.05, 3.63) is 0 Å². The topological polar surface area (TPSA) is 18.5 Å². The fraction of sp³-hybridized carbons (Fsp3) is 1.00. The Labute approximate surface area is 88.8 Å². The van der Waals surface area contributed by atoms with E-state index in [1.807, 2.05) is 13.8 Å². The third-order valence-electron chi connectivity index (χ3n) is 2.78. The van der Waals surface area contributed by atoms with Crippen molar-refractivity contribution in [1.82, 2.24) is 0 Å². The zero-order valence-electron chi connectivity index (χ0n) is 9.69. The van der Waals surface area contributed by atoms with Crippen molar-refractivity contribution < 1.29 is 9.47 Å². The van der Waals surface area contributed by atoms with Gasteiger partial charge in [-0.05, 0) is 32.1 Å². The van der Waals surface area contributed by atoms with Gasteiger partial charge in [-0.2, -0.15) is 0 Å². The summed E-state index contributed by atoms with van der Waals surface area (Å²) in [5.41, 5.74) is 0. The monoisotopic (exact) mass is 196 g/mol. The minimum atomic E-state index is -0.0943. The van der Waals surface area contributed by atoms with Crippen molar-refractivity contribution in [2.75, 3.05) is 6.61 Å². The van der Waals surface area contributed by atoms with E-state index < -0.39 is 0 Å². The lowest BCUT2D eigenvalue weighted by Gasteiger charge is -2.22. The van der Waals surface area contributed by atoms with E-state index in [2.05, 4.69) is 13.8 Å². The van der Waals surface area contributed by atoms with Crippen LogP contribution in [0, 0.1) is 11.8 Å². The zero-order valence-corrected chi connectivity index (χ0v) is 9.69. The molecule has 1 rings (SSSR count). The van der Waals surface area contributed by atoms with E-state index in [9.17, 15) is 0 Å². The molecule has 0 N–H and O–H groups in total. The van der Waals surface area contributed by atoms with E-state index in [0.717, 1.165) is 6.42 Å². The summed E-state index contributed by atoms with van der Waals surface area (Å²) in [5.74, 6) is 1.16. The molecule has 1 aliphatic heterocycles. The molecular weight excluding hydrogens is 175 g/mol. The SMILES string of the molecule is [B]C1C[C@@H](C(C)C)C(COC(C)C)O1. The molecule has 0 aromatic rings. The van der Waals surface area contributed by atoms with Crippen LogP contribution in [0.15, 0.2) is 0 Å². The Hall–Kier alpha value is -0.0151. The van der Waals surface area contributed by atoms with Gasteiger partial charge in [0.05, 0.1) is 18.8 Å². The van der Waals surface area contributed by atoms with Crippen LogP contribution in [0.3, 0.4) is 0 Å². The predicted molar refractivity (Wildman–Crippen MR) is 58.4 cm³/mol. The smallest absolute Gasteiger partial charge is 0.109 e. The molecule has 1 heterocycles. The fourth-order valence-corrected chi connectivity index (χ4v) is 1.95. The van der Waals surface area contributed by atoms with Gasteiger partial charge in [-0.1, -0.05) is 13.8 Å². The van der Waals surface area contributed by atoms with Gasteiger partial charge in [0.2, 0.25) is 0 Å². The first kappa shape index (κ1) is 12.1. The highest BCUT2D eigenvalue weighted by molar-refractivity contribution is 6.11. The van der Waals surface area contributed by atoms with E-state index in [1.165, 1.54) is 0 Å². The molecule has 2 nitrogen and oxygen atoms in total. The molecule has 1 fully saturated rings. The van der Waals surface area contributed by atoms with Crippen LogP contribution in [0.25, 0.3) is 0 Å². The van der Waals surface area contributed by atoms with E-state index in [-0.39, 0.29) is 18.2 Å². The van der Waals surface area contributed by atoms with E-state index in [1.54, 1.807) is 0 Å². The molecule has 3 atom stereocenters. The van der Waals surface area contributed by atoms with Gasteiger partial charge in [-0.25, -0.2) is 0 Å². The van der Waals surface area contributed by atoms with Crippen molar-refractivity contribution in [3.8, 4) is 0 Å². The normalized spacial score (nSPS) is 33.1. The maximum absolute atomic E-state index is 5.78. The van der Waals surface area contributed by atoms with Crippen LogP contribution in [-0.2, 0) is 9.47 Å². The fourth-order valence-electron chi connectivity index (χ4n) is 1.95. The second-order valence-electron chi connectivity index (χ2n) is 4.74. The van der Waals surface area contributed by atoms with Crippen molar-refractivity contribution in [3.63, 3.8) is 0 Å². The lowest BCUT2D eigenvalue weighted by molar-refractivity contribution is -0.0329. The summed E-state index contributed by atoms with van der Waals surface area (Å²) in [7, 11) is 5.78. The van der Waals surface area contributed by atoms with Crippen LogP contribution in [0.2, 0.25) is 0 Å². The van der Waals surface area contributed by atoms with Crippen LogP contribution in [0.4, 0.5) is 0 Å². The van der Waals surface area contributed by atoms with Crippen molar-refractivity contribution >= 4 is 7.85 Å². The average Bonchev–Trinajstić information content (AvgIpc) is 2.43. The third-order valence-corrected chi connectivity index (χ3v) is 2.78. The molecule has 0 aliphatic carbocycles. The maximum Gasteiger partial charge on any atom is 0.109 e. The lowest BCUT2D eigenvalue weighted by Crippen LogP contribution is -2.27. The van der Waals surface area contributed by atoms with Crippen LogP contribution in [0.5, 0.6) is 0 Å². The van der Waals surface area contributed by atoms with Crippen LogP contribution >= 0.6 is 0 Å². The summed E-state index contributed by atoms with van der Waals surface area (Å²) in [6.45, 7) is 9.19. The highest BCUT2D eigenvalue weighted by atomic mass is 16.5. The molecule has 0 spiro atoms. The molecule has 14 heavy (non-hydrogen) atoms. The largest absolute Gasteiger partial charge is 0.382 e. The van der Waals surface area contributed by atoms with Crippen LogP contribution in [-0.4, -0.2) is 32.7 Å². The van der Waals surface area contributed by atoms with Crippen molar-refractivity contribution in [2.45, 2.75) is 52.3 Å². The zero-order chi connectivity index (χ0) is 10.7. The maximum atomic E-state index is 5.78. The molecule has 0 bridgehead atoms. The molecule has 0 aromatic carbocycles. The first-order valence-corrected chi connectivity index (χ1v) is 5.53. The summed E-state index contributed by atoms with van der Waals surface area (Å²) in [6.07, 6.45) is 1.42. The second-order valence-corrected chi connectivity index (χ2v) is 4.74. The summed E-state index contributed by atoms with van der Waals surface area (Å²) in [6, 6.07) is -0.0943. The Balaban J connectivity index is 2.41. The molecular formula is C11H21BO2. The number of hydrogen-bond donors (Lipinski definition) is 0. The average molecular weight is 196 g/mol. The molecule has 0 amide bonds. The highest BCUT2D eigenvalue weighted by Gasteiger charge is 2.34. The molecule has 3 heteroatoms. The van der Waals surface area contributed by atoms with Gasteiger partial charge in [0.25, 0.3) is 0 Å². The molecule has 80 valence electrons. The van der Waals surface area contributed by atoms with Crippen LogP contribution in [0.1, 0.15) is 34.1 Å². The first-order chi connectivity index (χ1) is 6.50. The van der Waals surface area contributed by atoms with Gasteiger partial charge in [0.15, 0.2) is 0 Å². The van der Waals surface area contributed by atoms with Gasteiger partial charge in [-0.15, -0.1) is 0 Å². The third kappa shape index (κ3) is 3.28. The van der Waals surface area contributed by atoms with E-state index >= 15 is 0 Å². The summed E-state index contributed by atoms with van der Waals surface area (Å²) in [4.78, 5) is 0. The number of hydrogen-bond acceptors (Lipinski definition) is 2. The standard InChI is InChI=1S/C11H21BO2/c1-7(2)9-5-11(12)14-10(9)6-13-8(3)4/h7-11H,5-6H2,1-4H3/t9-,10?,11?/m0/s1. The summed E-state index contributed by atoms with van der Waals surface area (Å²) >= 11 is 0. The van der Waals surface area contributed by atoms with Crippen LogP contribution < -0.4 is 0 Å². The molecule has 0 saturated carbocycles. The Bertz CT molecular complexity index is 171. The number of rotatable bonds is 4. The second kappa shape index (κ2) is 5.17. The lowest BCUT2D eigenvalue weighted by atomic mass is 9.84. The minimum absolute atomic E-state index is 0.0943. The Morgan fingerprint density at radius 2 is 2.00 bits per heavy atom. The Kier molecular flexibility index (Phi) is 4.46. The molecule has 2 unspecified atom stereocenters. The van der Waals surface area contributed by atoms with Crippen molar-refractivity contribution in [1.29, 1.82) is 0 Å². The number of ether oxygens (including phenoxy) is 2. The van der Waals surface area contributed by atoms with Crippen molar-refractivity contribution in [2.24, 2.45) is 11.8 Å². The Morgan fingerprint density at radius 1 is 1.36 bits per heavy atom. The Morgan fingerprint density at radius 3 is 2.50 bits per heavy atom. The molecule has 2 radical (unpaired) electrons. The molecule has 0 aromatic heterocycles. The quantitative estimate of drug-likeness (QED) is 0.640. The van der Waals surface area contributed by atoms with E-state index in [0.29, 0.717) is 18.4 Å². The van der Waals surface area contributed by atoms with Gasteiger partial charge in [0, 0.05) is 6.00 Å². The molecule has 1 aliphatic rings. The van der Waals surface area contributed by atoms with E-state index in [4.69, 9.17) is 17.3 Å². The summed E-state index contributed by atoms with van der Waals surface area (Å²) in [5, 5.41) is 0.